The van der Waals surface area contributed by atoms with Gasteiger partial charge in [0.05, 0.1) is 5.52 Å². The molecule has 1 fully saturated rings. The molecule has 1 aliphatic carbocycles. The number of ether oxygens (including phenoxy) is 1. The molecule has 130 valence electrons. The van der Waals surface area contributed by atoms with E-state index in [-0.39, 0.29) is 17.2 Å². The Balaban J connectivity index is 1.89. The number of fused-ring (bicyclic) bond motifs is 1. The number of hydrogen-bond acceptors (Lipinski definition) is 4. The van der Waals surface area contributed by atoms with Crippen LogP contribution in [0.5, 0.6) is 0 Å². The van der Waals surface area contributed by atoms with Gasteiger partial charge in [0, 0.05) is 11.5 Å². The van der Waals surface area contributed by atoms with Crippen LogP contribution in [-0.4, -0.2) is 16.3 Å². The fraction of sp³-hybridized carbons (Fsp3) is 0.556. The number of nitrogens with two attached hydrogens (primary N) is 1. The quantitative estimate of drug-likeness (QED) is 0.910. The predicted molar refractivity (Wildman–Crippen MR) is 90.8 cm³/mol. The van der Waals surface area contributed by atoms with Gasteiger partial charge in [0.1, 0.15) is 5.60 Å². The second kappa shape index (κ2) is 5.69. The first-order chi connectivity index (χ1) is 11.2. The average molecular weight is 332 g/mol. The van der Waals surface area contributed by atoms with Crippen LogP contribution in [0.1, 0.15) is 52.5 Å². The topological polar surface area (TPSA) is 87.5 Å². The second-order valence-corrected chi connectivity index (χ2v) is 7.60. The highest BCUT2D eigenvalue weighted by Crippen LogP contribution is 2.47. The summed E-state index contributed by atoms with van der Waals surface area (Å²) in [6.45, 7) is 6.15. The number of amides is 1. The standard InChI is InChI=1S/C18H24N2O4/c1-17(2,3)18(24-15(19)21)10-8-12(9-11-18)20-13-6-4-5-7-14(13)23-16(20)22/h4-7,12H,8-11H2,1-3H3,(H2,19,21). The summed E-state index contributed by atoms with van der Waals surface area (Å²) in [5, 5.41) is 0. The summed E-state index contributed by atoms with van der Waals surface area (Å²) in [5.41, 5.74) is 5.89. The zero-order valence-electron chi connectivity index (χ0n) is 14.4. The monoisotopic (exact) mass is 332 g/mol. The van der Waals surface area contributed by atoms with E-state index in [0.717, 1.165) is 18.4 Å². The molecule has 1 heterocycles. The highest BCUT2D eigenvalue weighted by atomic mass is 16.6. The zero-order chi connectivity index (χ0) is 17.5. The molecule has 0 unspecified atom stereocenters. The van der Waals surface area contributed by atoms with Gasteiger partial charge >= 0.3 is 11.8 Å². The highest BCUT2D eigenvalue weighted by Gasteiger charge is 2.48. The van der Waals surface area contributed by atoms with Crippen LogP contribution in [0.2, 0.25) is 0 Å². The van der Waals surface area contributed by atoms with Crippen molar-refractivity contribution < 1.29 is 13.9 Å². The molecule has 1 saturated carbocycles. The van der Waals surface area contributed by atoms with Crippen LogP contribution in [0.15, 0.2) is 33.5 Å². The van der Waals surface area contributed by atoms with Gasteiger partial charge in [-0.15, -0.1) is 0 Å². The molecule has 1 amide bonds. The molecule has 1 aromatic heterocycles. The van der Waals surface area contributed by atoms with Gasteiger partial charge in [-0.2, -0.15) is 0 Å². The fourth-order valence-electron chi connectivity index (χ4n) is 3.85. The van der Waals surface area contributed by atoms with E-state index in [4.69, 9.17) is 14.9 Å². The Labute approximate surface area is 140 Å². The van der Waals surface area contributed by atoms with Crippen LogP contribution in [0.4, 0.5) is 4.79 Å². The minimum atomic E-state index is -0.741. The van der Waals surface area contributed by atoms with Crippen molar-refractivity contribution in [2.24, 2.45) is 11.1 Å². The first kappa shape index (κ1) is 16.6. The van der Waals surface area contributed by atoms with Gasteiger partial charge in [-0.1, -0.05) is 32.9 Å². The van der Waals surface area contributed by atoms with Crippen molar-refractivity contribution in [3.8, 4) is 0 Å². The number of para-hydroxylation sites is 2. The molecule has 0 spiro atoms. The van der Waals surface area contributed by atoms with E-state index < -0.39 is 11.7 Å². The van der Waals surface area contributed by atoms with Crippen molar-refractivity contribution in [1.82, 2.24) is 4.57 Å². The van der Waals surface area contributed by atoms with E-state index in [1.54, 1.807) is 10.6 Å². The number of nitrogens with zero attached hydrogens (tertiary/aromatic N) is 1. The van der Waals surface area contributed by atoms with E-state index >= 15 is 0 Å². The normalized spacial score (nSPS) is 24.9. The van der Waals surface area contributed by atoms with Gasteiger partial charge in [-0.3, -0.25) is 4.57 Å². The molecule has 0 saturated heterocycles. The summed E-state index contributed by atoms with van der Waals surface area (Å²) < 4.78 is 12.6. The lowest BCUT2D eigenvalue weighted by atomic mass is 9.67. The smallest absolute Gasteiger partial charge is 0.420 e. The summed E-state index contributed by atoms with van der Waals surface area (Å²) in [5.74, 6) is -0.333. The van der Waals surface area contributed by atoms with Crippen LogP contribution >= 0.6 is 0 Å². The number of carbonyl (C=O) groups is 1. The molecular formula is C18H24N2O4. The molecule has 0 atom stereocenters. The van der Waals surface area contributed by atoms with Crippen molar-refractivity contribution in [2.75, 3.05) is 0 Å². The fourth-order valence-corrected chi connectivity index (χ4v) is 3.85. The number of primary amides is 1. The summed E-state index contributed by atoms with van der Waals surface area (Å²) in [6.07, 6.45) is 2.04. The molecule has 6 nitrogen and oxygen atoms in total. The maximum absolute atomic E-state index is 12.3. The van der Waals surface area contributed by atoms with Crippen molar-refractivity contribution in [2.45, 2.75) is 58.1 Å². The maximum Gasteiger partial charge on any atom is 0.420 e. The van der Waals surface area contributed by atoms with Crippen molar-refractivity contribution in [1.29, 1.82) is 0 Å². The Bertz CT molecular complexity index is 804. The van der Waals surface area contributed by atoms with Crippen LogP contribution in [0, 0.1) is 5.41 Å². The van der Waals surface area contributed by atoms with Gasteiger partial charge in [0.15, 0.2) is 5.58 Å². The van der Waals surface area contributed by atoms with E-state index in [1.165, 1.54) is 0 Å². The van der Waals surface area contributed by atoms with Gasteiger partial charge in [-0.25, -0.2) is 9.59 Å². The maximum atomic E-state index is 12.3. The first-order valence-electron chi connectivity index (χ1n) is 8.32. The van der Waals surface area contributed by atoms with Crippen molar-refractivity contribution in [3.05, 3.63) is 34.8 Å². The van der Waals surface area contributed by atoms with Gasteiger partial charge < -0.3 is 14.9 Å². The number of rotatable bonds is 2. The number of carbonyl (C=O) groups excluding carboxylic acids is 1. The summed E-state index contributed by atoms with van der Waals surface area (Å²) >= 11 is 0. The summed E-state index contributed by atoms with van der Waals surface area (Å²) in [4.78, 5) is 23.7. The minimum Gasteiger partial charge on any atom is -0.443 e. The highest BCUT2D eigenvalue weighted by molar-refractivity contribution is 5.72. The van der Waals surface area contributed by atoms with E-state index in [1.807, 2.05) is 18.2 Å². The SMILES string of the molecule is CC(C)(C)C1(OC(N)=O)CCC(n2c(=O)oc3ccccc32)CC1. The number of hydrogen-bond donors (Lipinski definition) is 1. The molecule has 1 aromatic carbocycles. The van der Waals surface area contributed by atoms with Gasteiger partial charge in [0.2, 0.25) is 0 Å². The third kappa shape index (κ3) is 2.70. The van der Waals surface area contributed by atoms with E-state index in [2.05, 4.69) is 20.8 Å². The predicted octanol–water partition coefficient (Wildman–Crippen LogP) is 3.59. The van der Waals surface area contributed by atoms with Crippen LogP contribution in [0.25, 0.3) is 11.1 Å². The zero-order valence-corrected chi connectivity index (χ0v) is 14.4. The summed E-state index contributed by atoms with van der Waals surface area (Å²) in [6, 6.07) is 7.47. The lowest BCUT2D eigenvalue weighted by Gasteiger charge is -2.47. The lowest BCUT2D eigenvalue weighted by Crippen LogP contribution is -2.50. The van der Waals surface area contributed by atoms with Crippen LogP contribution in [-0.2, 0) is 4.74 Å². The Morgan fingerprint density at radius 2 is 1.92 bits per heavy atom. The molecule has 1 aliphatic rings. The Morgan fingerprint density at radius 3 is 2.50 bits per heavy atom. The minimum absolute atomic E-state index is 0.0353. The molecule has 24 heavy (non-hydrogen) atoms. The number of benzene rings is 1. The lowest BCUT2D eigenvalue weighted by molar-refractivity contribution is -0.0955. The largest absolute Gasteiger partial charge is 0.443 e. The molecule has 2 N–H and O–H groups in total. The molecule has 0 bridgehead atoms. The molecule has 6 heteroatoms. The third-order valence-corrected chi connectivity index (χ3v) is 5.31. The molecule has 2 aromatic rings. The number of oxazole rings is 1. The molecule has 0 aliphatic heterocycles. The van der Waals surface area contributed by atoms with Crippen LogP contribution < -0.4 is 11.5 Å². The Morgan fingerprint density at radius 1 is 1.29 bits per heavy atom. The van der Waals surface area contributed by atoms with Gasteiger partial charge in [0.25, 0.3) is 0 Å². The van der Waals surface area contributed by atoms with E-state index in [0.29, 0.717) is 18.4 Å². The summed E-state index contributed by atoms with van der Waals surface area (Å²) in [7, 11) is 0. The number of aromatic nitrogens is 1. The van der Waals surface area contributed by atoms with Crippen LogP contribution in [0.3, 0.4) is 0 Å². The van der Waals surface area contributed by atoms with E-state index in [9.17, 15) is 9.59 Å². The molecule has 3 rings (SSSR count). The molecule has 0 radical (unpaired) electrons. The average Bonchev–Trinajstić information content (AvgIpc) is 2.82. The third-order valence-electron chi connectivity index (χ3n) is 5.31. The van der Waals surface area contributed by atoms with Crippen molar-refractivity contribution >= 4 is 17.2 Å². The Hall–Kier alpha value is -2.24. The first-order valence-corrected chi connectivity index (χ1v) is 8.32. The molecular weight excluding hydrogens is 308 g/mol. The van der Waals surface area contributed by atoms with Crippen molar-refractivity contribution in [3.63, 3.8) is 0 Å². The van der Waals surface area contributed by atoms with Gasteiger partial charge in [-0.05, 0) is 37.8 Å². The Kier molecular flexibility index (Phi) is 3.94. The second-order valence-electron chi connectivity index (χ2n) is 7.60.